The topological polar surface area (TPSA) is 55.4 Å². The zero-order valence-electron chi connectivity index (χ0n) is 10.8. The second kappa shape index (κ2) is 4.45. The fourth-order valence-corrected chi connectivity index (χ4v) is 3.40. The SMILES string of the molecule is O=C(Cc1csc2nccn12)N1CCn2ccnc2C1. The van der Waals surface area contributed by atoms with Crippen molar-refractivity contribution >= 4 is 22.2 Å². The van der Waals surface area contributed by atoms with Crippen LogP contribution in [0.25, 0.3) is 4.96 Å². The summed E-state index contributed by atoms with van der Waals surface area (Å²) in [7, 11) is 0. The van der Waals surface area contributed by atoms with E-state index in [1.165, 1.54) is 0 Å². The lowest BCUT2D eigenvalue weighted by atomic mass is 10.2. The van der Waals surface area contributed by atoms with Gasteiger partial charge in [0, 0.05) is 49.0 Å². The van der Waals surface area contributed by atoms with Crippen LogP contribution in [0.5, 0.6) is 0 Å². The highest BCUT2D eigenvalue weighted by atomic mass is 32.1. The molecule has 4 heterocycles. The van der Waals surface area contributed by atoms with Gasteiger partial charge in [0.2, 0.25) is 5.91 Å². The van der Waals surface area contributed by atoms with E-state index in [1.54, 1.807) is 23.7 Å². The monoisotopic (exact) mass is 287 g/mol. The van der Waals surface area contributed by atoms with Gasteiger partial charge in [-0.3, -0.25) is 9.20 Å². The van der Waals surface area contributed by atoms with E-state index in [-0.39, 0.29) is 5.91 Å². The number of aromatic nitrogens is 4. The summed E-state index contributed by atoms with van der Waals surface area (Å²) < 4.78 is 4.08. The van der Waals surface area contributed by atoms with E-state index >= 15 is 0 Å². The molecule has 6 nitrogen and oxygen atoms in total. The number of imidazole rings is 2. The Morgan fingerprint density at radius 3 is 3.10 bits per heavy atom. The normalized spacial score (nSPS) is 14.7. The van der Waals surface area contributed by atoms with Gasteiger partial charge < -0.3 is 9.47 Å². The first-order chi connectivity index (χ1) is 9.81. The van der Waals surface area contributed by atoms with E-state index in [0.717, 1.165) is 29.6 Å². The van der Waals surface area contributed by atoms with Crippen molar-refractivity contribution in [2.75, 3.05) is 6.54 Å². The third-order valence-corrected chi connectivity index (χ3v) is 4.55. The largest absolute Gasteiger partial charge is 0.333 e. The Hall–Kier alpha value is -2.15. The maximum atomic E-state index is 12.4. The van der Waals surface area contributed by atoms with E-state index in [9.17, 15) is 4.79 Å². The first-order valence-electron chi connectivity index (χ1n) is 6.48. The molecule has 0 bridgehead atoms. The first kappa shape index (κ1) is 11.7. The van der Waals surface area contributed by atoms with Crippen molar-refractivity contribution in [1.82, 2.24) is 23.8 Å². The number of fused-ring (bicyclic) bond motifs is 2. The van der Waals surface area contributed by atoms with Gasteiger partial charge in [0.25, 0.3) is 0 Å². The number of carbonyl (C=O) groups excluding carboxylic acids is 1. The molecule has 0 spiro atoms. The van der Waals surface area contributed by atoms with Crippen molar-refractivity contribution in [3.8, 4) is 0 Å². The van der Waals surface area contributed by atoms with Gasteiger partial charge in [-0.2, -0.15) is 0 Å². The van der Waals surface area contributed by atoms with Crippen LogP contribution in [-0.4, -0.2) is 36.3 Å². The average Bonchev–Trinajstić information content (AvgIpc) is 3.14. The van der Waals surface area contributed by atoms with Crippen LogP contribution in [0.3, 0.4) is 0 Å². The minimum Gasteiger partial charge on any atom is -0.333 e. The van der Waals surface area contributed by atoms with Crippen LogP contribution in [0.4, 0.5) is 0 Å². The first-order valence-corrected chi connectivity index (χ1v) is 7.36. The molecule has 0 fully saturated rings. The molecule has 0 unspecified atom stereocenters. The van der Waals surface area contributed by atoms with Crippen LogP contribution >= 0.6 is 11.3 Å². The number of nitrogens with zero attached hydrogens (tertiary/aromatic N) is 5. The van der Waals surface area contributed by atoms with E-state index in [2.05, 4.69) is 14.5 Å². The summed E-state index contributed by atoms with van der Waals surface area (Å²) in [4.78, 5) is 23.7. The van der Waals surface area contributed by atoms with Gasteiger partial charge in [-0.1, -0.05) is 0 Å². The van der Waals surface area contributed by atoms with Gasteiger partial charge in [-0.15, -0.1) is 11.3 Å². The highest BCUT2D eigenvalue weighted by molar-refractivity contribution is 7.15. The zero-order valence-corrected chi connectivity index (χ0v) is 11.6. The fourth-order valence-electron chi connectivity index (χ4n) is 2.55. The molecule has 0 saturated carbocycles. The van der Waals surface area contributed by atoms with Gasteiger partial charge >= 0.3 is 0 Å². The van der Waals surface area contributed by atoms with Gasteiger partial charge in [0.1, 0.15) is 5.82 Å². The summed E-state index contributed by atoms with van der Waals surface area (Å²) in [6.45, 7) is 2.17. The molecule has 0 aliphatic carbocycles. The molecule has 4 rings (SSSR count). The van der Waals surface area contributed by atoms with Crippen molar-refractivity contribution in [3.05, 3.63) is 41.7 Å². The summed E-state index contributed by atoms with van der Waals surface area (Å²) in [5.74, 6) is 1.11. The van der Waals surface area contributed by atoms with Gasteiger partial charge in [-0.25, -0.2) is 9.97 Å². The van der Waals surface area contributed by atoms with E-state index in [0.29, 0.717) is 13.0 Å². The van der Waals surface area contributed by atoms with Gasteiger partial charge in [0.05, 0.1) is 13.0 Å². The second-order valence-electron chi connectivity index (χ2n) is 4.84. The molecule has 1 amide bonds. The molecular formula is C13H13N5OS. The second-order valence-corrected chi connectivity index (χ2v) is 5.67. The van der Waals surface area contributed by atoms with Crippen molar-refractivity contribution < 1.29 is 4.79 Å². The molecule has 3 aromatic heterocycles. The lowest BCUT2D eigenvalue weighted by Gasteiger charge is -2.27. The molecular weight excluding hydrogens is 274 g/mol. The van der Waals surface area contributed by atoms with Gasteiger partial charge in [0.15, 0.2) is 4.96 Å². The molecule has 0 saturated heterocycles. The Morgan fingerprint density at radius 1 is 1.25 bits per heavy atom. The number of carbonyl (C=O) groups is 1. The number of thiazole rings is 1. The van der Waals surface area contributed by atoms with Crippen LogP contribution in [0.2, 0.25) is 0 Å². The van der Waals surface area contributed by atoms with Crippen molar-refractivity contribution in [1.29, 1.82) is 0 Å². The number of amides is 1. The van der Waals surface area contributed by atoms with Crippen LogP contribution in [0.1, 0.15) is 11.5 Å². The van der Waals surface area contributed by atoms with E-state index in [1.807, 2.05) is 27.1 Å². The van der Waals surface area contributed by atoms with Crippen LogP contribution in [0, 0.1) is 0 Å². The Balaban J connectivity index is 1.53. The number of hydrogen-bond acceptors (Lipinski definition) is 4. The van der Waals surface area contributed by atoms with Crippen LogP contribution < -0.4 is 0 Å². The highest BCUT2D eigenvalue weighted by Crippen LogP contribution is 2.17. The maximum absolute atomic E-state index is 12.4. The summed E-state index contributed by atoms with van der Waals surface area (Å²) in [5.41, 5.74) is 1.00. The van der Waals surface area contributed by atoms with E-state index < -0.39 is 0 Å². The Morgan fingerprint density at radius 2 is 2.15 bits per heavy atom. The third kappa shape index (κ3) is 1.82. The summed E-state index contributed by atoms with van der Waals surface area (Å²) in [6, 6.07) is 0. The molecule has 0 atom stereocenters. The molecule has 1 aliphatic heterocycles. The summed E-state index contributed by atoms with van der Waals surface area (Å²) in [6.07, 6.45) is 7.83. The Labute approximate surface area is 119 Å². The highest BCUT2D eigenvalue weighted by Gasteiger charge is 2.22. The van der Waals surface area contributed by atoms with Crippen molar-refractivity contribution in [2.24, 2.45) is 0 Å². The summed E-state index contributed by atoms with van der Waals surface area (Å²) in [5, 5.41) is 2.01. The molecule has 3 aromatic rings. The fraction of sp³-hybridized carbons (Fsp3) is 0.308. The number of rotatable bonds is 2. The lowest BCUT2D eigenvalue weighted by molar-refractivity contribution is -0.132. The van der Waals surface area contributed by atoms with Crippen molar-refractivity contribution in [2.45, 2.75) is 19.5 Å². The summed E-state index contributed by atoms with van der Waals surface area (Å²) >= 11 is 1.56. The number of hydrogen-bond donors (Lipinski definition) is 0. The third-order valence-electron chi connectivity index (χ3n) is 3.65. The smallest absolute Gasteiger partial charge is 0.229 e. The Kier molecular flexibility index (Phi) is 2.59. The molecule has 20 heavy (non-hydrogen) atoms. The minimum atomic E-state index is 0.146. The predicted octanol–water partition coefficient (Wildman–Crippen LogP) is 1.18. The molecule has 7 heteroatoms. The maximum Gasteiger partial charge on any atom is 0.229 e. The minimum absolute atomic E-state index is 0.146. The molecule has 102 valence electrons. The Bertz CT molecular complexity index is 771. The van der Waals surface area contributed by atoms with Gasteiger partial charge in [-0.05, 0) is 0 Å². The van der Waals surface area contributed by atoms with Crippen LogP contribution in [-0.2, 0) is 24.3 Å². The quantitative estimate of drug-likeness (QED) is 0.711. The lowest BCUT2D eigenvalue weighted by Crippen LogP contribution is -2.39. The zero-order chi connectivity index (χ0) is 13.5. The molecule has 1 aliphatic rings. The average molecular weight is 287 g/mol. The molecule has 0 radical (unpaired) electrons. The molecule has 0 N–H and O–H groups in total. The standard InChI is InChI=1S/C13H13N5OS/c19-12(7-10-9-20-13-15-2-4-18(10)13)17-6-5-16-3-1-14-11(16)8-17/h1-4,9H,5-8H2. The van der Waals surface area contributed by atoms with Crippen molar-refractivity contribution in [3.63, 3.8) is 0 Å². The van der Waals surface area contributed by atoms with Crippen LogP contribution in [0.15, 0.2) is 30.2 Å². The van der Waals surface area contributed by atoms with E-state index in [4.69, 9.17) is 0 Å². The predicted molar refractivity (Wildman–Crippen MR) is 74.4 cm³/mol. The molecule has 0 aromatic carbocycles.